The monoisotopic (exact) mass is 360 g/mol. The van der Waals surface area contributed by atoms with Gasteiger partial charge in [0.1, 0.15) is 0 Å². The van der Waals surface area contributed by atoms with Crippen LogP contribution < -0.4 is 0 Å². The summed E-state index contributed by atoms with van der Waals surface area (Å²) in [6, 6.07) is 6.66. The fourth-order valence-electron chi connectivity index (χ4n) is 3.60. The van der Waals surface area contributed by atoms with Gasteiger partial charge in [0, 0.05) is 12.1 Å². The van der Waals surface area contributed by atoms with Crippen LogP contribution in [0.2, 0.25) is 0 Å². The van der Waals surface area contributed by atoms with Crippen LogP contribution in [0.4, 0.5) is 4.79 Å². The third-order valence-corrected chi connectivity index (χ3v) is 4.99. The average Bonchev–Trinajstić information content (AvgIpc) is 3.11. The van der Waals surface area contributed by atoms with E-state index in [9.17, 15) is 19.5 Å². The van der Waals surface area contributed by atoms with E-state index in [1.165, 1.54) is 4.90 Å². The van der Waals surface area contributed by atoms with Crippen molar-refractivity contribution in [2.45, 2.75) is 51.7 Å². The smallest absolute Gasteiger partial charge is 0.407 e. The topological polar surface area (TPSA) is 87.2 Å². The van der Waals surface area contributed by atoms with Crippen LogP contribution in [0.15, 0.2) is 24.3 Å². The molecule has 1 aromatic carbocycles. The van der Waals surface area contributed by atoms with Gasteiger partial charge in [-0.05, 0) is 58.1 Å². The summed E-state index contributed by atoms with van der Waals surface area (Å²) in [5.74, 6) is -0.725. The molecule has 7 heteroatoms. The van der Waals surface area contributed by atoms with Crippen LogP contribution in [0.1, 0.15) is 60.7 Å². The Morgan fingerprint density at radius 3 is 2.27 bits per heavy atom. The van der Waals surface area contributed by atoms with Crippen molar-refractivity contribution in [3.8, 4) is 0 Å². The average molecular weight is 360 g/mol. The molecule has 140 valence electrons. The highest BCUT2D eigenvalue weighted by Crippen LogP contribution is 2.33. The Kier molecular flexibility index (Phi) is 4.75. The zero-order valence-electron chi connectivity index (χ0n) is 15.3. The van der Waals surface area contributed by atoms with Gasteiger partial charge in [-0.1, -0.05) is 12.1 Å². The molecule has 0 spiro atoms. The lowest BCUT2D eigenvalue weighted by atomic mass is 10.0. The van der Waals surface area contributed by atoms with E-state index in [0.29, 0.717) is 30.5 Å². The molecule has 3 rings (SSSR count). The zero-order chi connectivity index (χ0) is 19.1. The maximum absolute atomic E-state index is 12.4. The predicted octanol–water partition coefficient (Wildman–Crippen LogP) is 3.16. The number of fused-ring (bicyclic) bond motifs is 1. The van der Waals surface area contributed by atoms with Crippen LogP contribution in [0.25, 0.3) is 0 Å². The molecule has 1 aliphatic heterocycles. The number of carbonyl (C=O) groups excluding carboxylic acids is 2. The molecule has 7 nitrogen and oxygen atoms in total. The lowest BCUT2D eigenvalue weighted by Crippen LogP contribution is -2.47. The molecular weight excluding hydrogens is 336 g/mol. The molecule has 26 heavy (non-hydrogen) atoms. The summed E-state index contributed by atoms with van der Waals surface area (Å²) < 4.78 is 0. The van der Waals surface area contributed by atoms with Crippen molar-refractivity contribution in [2.75, 3.05) is 6.54 Å². The van der Waals surface area contributed by atoms with Crippen molar-refractivity contribution in [3.05, 3.63) is 35.4 Å². The number of nitrogens with zero attached hydrogens (tertiary/aromatic N) is 2. The Balaban J connectivity index is 1.61. The number of hydrogen-bond donors (Lipinski definition) is 1. The van der Waals surface area contributed by atoms with Crippen LogP contribution >= 0.6 is 0 Å². The van der Waals surface area contributed by atoms with Crippen molar-refractivity contribution in [1.29, 1.82) is 0 Å². The molecule has 1 aliphatic carbocycles. The van der Waals surface area contributed by atoms with Gasteiger partial charge >= 0.3 is 6.09 Å². The van der Waals surface area contributed by atoms with Crippen LogP contribution in [0, 0.1) is 5.92 Å². The molecule has 1 N–H and O–H groups in total. The highest BCUT2D eigenvalue weighted by atomic mass is 16.7. The van der Waals surface area contributed by atoms with Gasteiger partial charge in [0.2, 0.25) is 0 Å². The summed E-state index contributed by atoms with van der Waals surface area (Å²) in [6.07, 6.45) is 0.899. The predicted molar refractivity (Wildman–Crippen MR) is 93.6 cm³/mol. The Hall–Kier alpha value is -2.41. The summed E-state index contributed by atoms with van der Waals surface area (Å²) in [4.78, 5) is 43.4. The van der Waals surface area contributed by atoms with E-state index in [1.54, 1.807) is 24.3 Å². The van der Waals surface area contributed by atoms with Gasteiger partial charge in [-0.15, -0.1) is 5.06 Å². The summed E-state index contributed by atoms with van der Waals surface area (Å²) in [5, 5.41) is 10.3. The number of benzene rings is 1. The van der Waals surface area contributed by atoms with E-state index in [1.807, 2.05) is 20.8 Å². The van der Waals surface area contributed by atoms with E-state index in [-0.39, 0.29) is 12.0 Å². The second kappa shape index (κ2) is 6.72. The van der Waals surface area contributed by atoms with Crippen molar-refractivity contribution in [2.24, 2.45) is 5.92 Å². The minimum absolute atomic E-state index is 0.144. The van der Waals surface area contributed by atoms with Gasteiger partial charge in [-0.25, -0.2) is 4.79 Å². The Morgan fingerprint density at radius 1 is 1.19 bits per heavy atom. The number of amides is 3. The Morgan fingerprint density at radius 2 is 1.77 bits per heavy atom. The molecule has 0 saturated heterocycles. The Labute approximate surface area is 152 Å². The molecule has 1 saturated carbocycles. The van der Waals surface area contributed by atoms with Crippen LogP contribution in [-0.4, -0.2) is 51.2 Å². The van der Waals surface area contributed by atoms with Crippen LogP contribution in [0.5, 0.6) is 0 Å². The molecular formula is C19H24N2O5. The molecule has 1 aromatic rings. The molecule has 1 fully saturated rings. The van der Waals surface area contributed by atoms with Gasteiger partial charge in [0.05, 0.1) is 17.2 Å². The van der Waals surface area contributed by atoms with Crippen LogP contribution in [-0.2, 0) is 4.84 Å². The van der Waals surface area contributed by atoms with Crippen molar-refractivity contribution < 1.29 is 24.3 Å². The zero-order valence-corrected chi connectivity index (χ0v) is 15.3. The first-order valence-corrected chi connectivity index (χ1v) is 8.83. The van der Waals surface area contributed by atoms with Crippen LogP contribution in [0.3, 0.4) is 0 Å². The largest absolute Gasteiger partial charge is 0.465 e. The highest BCUT2D eigenvalue weighted by molar-refractivity contribution is 6.20. The number of hydroxylamine groups is 2. The maximum atomic E-state index is 12.4. The second-order valence-electron chi connectivity index (χ2n) is 7.92. The van der Waals surface area contributed by atoms with Gasteiger partial charge in [0.15, 0.2) is 0 Å². The standard InChI is InChI=1S/C19H24N2O5/c1-19(2,3)20(18(24)25)11-12-8-9-13(10-12)26-21-16(22)14-6-4-5-7-15(14)17(21)23/h4-7,12-13H,8-11H2,1-3H3,(H,24,25)/t12-,13-/m0/s1. The fraction of sp³-hybridized carbons (Fsp3) is 0.526. The van der Waals surface area contributed by atoms with Gasteiger partial charge in [-0.2, -0.15) is 0 Å². The second-order valence-corrected chi connectivity index (χ2v) is 7.92. The minimum Gasteiger partial charge on any atom is -0.465 e. The molecule has 1 heterocycles. The van der Waals surface area contributed by atoms with E-state index in [2.05, 4.69) is 0 Å². The molecule has 0 bridgehead atoms. The minimum atomic E-state index is -0.942. The summed E-state index contributed by atoms with van der Waals surface area (Å²) >= 11 is 0. The highest BCUT2D eigenvalue weighted by Gasteiger charge is 2.40. The third kappa shape index (κ3) is 3.44. The summed E-state index contributed by atoms with van der Waals surface area (Å²) in [5.41, 5.74) is 0.237. The molecule has 2 atom stereocenters. The van der Waals surface area contributed by atoms with Crippen molar-refractivity contribution >= 4 is 17.9 Å². The first-order valence-electron chi connectivity index (χ1n) is 8.83. The maximum Gasteiger partial charge on any atom is 0.407 e. The molecule has 3 amide bonds. The summed E-state index contributed by atoms with van der Waals surface area (Å²) in [6.45, 7) is 6.01. The quantitative estimate of drug-likeness (QED) is 0.834. The number of carbonyl (C=O) groups is 3. The van der Waals surface area contributed by atoms with E-state index < -0.39 is 23.4 Å². The van der Waals surface area contributed by atoms with Gasteiger partial charge in [-0.3, -0.25) is 14.4 Å². The molecule has 0 unspecified atom stereocenters. The normalized spacial score (nSPS) is 22.7. The van der Waals surface area contributed by atoms with E-state index in [0.717, 1.165) is 11.5 Å². The van der Waals surface area contributed by atoms with E-state index >= 15 is 0 Å². The van der Waals surface area contributed by atoms with Gasteiger partial charge < -0.3 is 10.0 Å². The summed E-state index contributed by atoms with van der Waals surface area (Å²) in [7, 11) is 0. The molecule has 0 radical (unpaired) electrons. The molecule has 2 aliphatic rings. The lowest BCUT2D eigenvalue weighted by molar-refractivity contribution is -0.130. The fourth-order valence-corrected chi connectivity index (χ4v) is 3.60. The number of rotatable bonds is 4. The number of carboxylic acid groups (broad SMARTS) is 1. The van der Waals surface area contributed by atoms with Crippen molar-refractivity contribution in [1.82, 2.24) is 9.96 Å². The first-order chi connectivity index (χ1) is 12.2. The number of hydrogen-bond acceptors (Lipinski definition) is 4. The lowest BCUT2D eigenvalue weighted by Gasteiger charge is -2.35. The molecule has 0 aromatic heterocycles. The SMILES string of the molecule is CC(C)(C)N(C[C@H]1CC[C@H](ON2C(=O)c3ccccc3C2=O)C1)C(=O)O. The van der Waals surface area contributed by atoms with Crippen molar-refractivity contribution in [3.63, 3.8) is 0 Å². The Bertz CT molecular complexity index is 705. The van der Waals surface area contributed by atoms with E-state index in [4.69, 9.17) is 4.84 Å². The van der Waals surface area contributed by atoms with Gasteiger partial charge in [0.25, 0.3) is 11.8 Å². The first kappa shape index (κ1) is 18.4. The third-order valence-electron chi connectivity index (χ3n) is 4.99. The number of imide groups is 1.